The summed E-state index contributed by atoms with van der Waals surface area (Å²) >= 11 is 0. The maximum Gasteiger partial charge on any atom is 0.253 e. The second kappa shape index (κ2) is 9.17. The number of benzene rings is 1. The summed E-state index contributed by atoms with van der Waals surface area (Å²) in [6, 6.07) is 7.64. The molecule has 0 aromatic heterocycles. The van der Waals surface area contributed by atoms with E-state index in [0.29, 0.717) is 18.7 Å². The van der Waals surface area contributed by atoms with Crippen molar-refractivity contribution in [1.29, 1.82) is 0 Å². The zero-order valence-electron chi connectivity index (χ0n) is 16.0. The van der Waals surface area contributed by atoms with Gasteiger partial charge in [0.25, 0.3) is 5.91 Å². The molecule has 1 N–H and O–H groups in total. The Kier molecular flexibility index (Phi) is 7.23. The summed E-state index contributed by atoms with van der Waals surface area (Å²) in [5.41, 5.74) is 1.75. The van der Waals surface area contributed by atoms with Gasteiger partial charge in [0.05, 0.1) is 6.10 Å². The lowest BCUT2D eigenvalue weighted by Crippen LogP contribution is -2.49. The Bertz CT molecular complexity index is 541. The molecule has 1 amide bonds. The molecule has 140 valence electrons. The van der Waals surface area contributed by atoms with Crippen molar-refractivity contribution in [3.8, 4) is 0 Å². The number of likely N-dealkylation sites (N-methyl/N-ethyl adjacent to an activating group) is 2. The first-order valence-electron chi connectivity index (χ1n) is 9.06. The minimum absolute atomic E-state index is 0.0527. The molecule has 1 saturated heterocycles. The summed E-state index contributed by atoms with van der Waals surface area (Å²) in [4.78, 5) is 20.8. The third-order valence-corrected chi connectivity index (χ3v) is 4.93. The topological polar surface area (TPSA) is 50.3 Å². The van der Waals surface area contributed by atoms with E-state index in [4.69, 9.17) is 0 Å². The largest absolute Gasteiger partial charge is 0.390 e. The average molecular weight is 348 g/mol. The third-order valence-electron chi connectivity index (χ3n) is 4.93. The average Bonchev–Trinajstić information content (AvgIpc) is 2.62. The predicted octanol–water partition coefficient (Wildman–Crippen LogP) is 0.823. The number of aliphatic hydroxyl groups excluding tert-OH is 1. The fourth-order valence-corrected chi connectivity index (χ4v) is 3.05. The van der Waals surface area contributed by atoms with Crippen LogP contribution in [-0.2, 0) is 0 Å². The SMILES string of the molecule is CCN(C)c1ccc(C(=O)N(C)CC(O)CN2CCN(C)CC2)cc1. The molecule has 0 aliphatic carbocycles. The van der Waals surface area contributed by atoms with E-state index in [0.717, 1.165) is 38.4 Å². The molecule has 2 rings (SSSR count). The fourth-order valence-electron chi connectivity index (χ4n) is 3.05. The number of anilines is 1. The van der Waals surface area contributed by atoms with E-state index in [-0.39, 0.29) is 5.91 Å². The van der Waals surface area contributed by atoms with Crippen molar-refractivity contribution in [3.63, 3.8) is 0 Å². The smallest absolute Gasteiger partial charge is 0.253 e. The zero-order valence-corrected chi connectivity index (χ0v) is 16.0. The molecule has 6 heteroatoms. The van der Waals surface area contributed by atoms with Gasteiger partial charge in [-0.1, -0.05) is 0 Å². The molecule has 1 aliphatic rings. The van der Waals surface area contributed by atoms with Crippen LogP contribution >= 0.6 is 0 Å². The van der Waals surface area contributed by atoms with E-state index >= 15 is 0 Å². The van der Waals surface area contributed by atoms with Crippen LogP contribution in [0.25, 0.3) is 0 Å². The Balaban J connectivity index is 1.84. The molecular formula is C19H32N4O2. The highest BCUT2D eigenvalue weighted by Crippen LogP contribution is 2.14. The van der Waals surface area contributed by atoms with Crippen LogP contribution in [0, 0.1) is 0 Å². The Hall–Kier alpha value is -1.63. The molecule has 1 fully saturated rings. The van der Waals surface area contributed by atoms with Crippen LogP contribution in [0.1, 0.15) is 17.3 Å². The number of carbonyl (C=O) groups excluding carboxylic acids is 1. The van der Waals surface area contributed by atoms with E-state index in [9.17, 15) is 9.90 Å². The molecule has 1 heterocycles. The van der Waals surface area contributed by atoms with Crippen LogP contribution < -0.4 is 4.90 Å². The normalized spacial score (nSPS) is 17.3. The number of rotatable bonds is 7. The van der Waals surface area contributed by atoms with Crippen LogP contribution in [0.2, 0.25) is 0 Å². The summed E-state index contributed by atoms with van der Waals surface area (Å²) in [6.45, 7) is 7.98. The summed E-state index contributed by atoms with van der Waals surface area (Å²) in [7, 11) is 5.89. The van der Waals surface area contributed by atoms with Crippen LogP contribution in [0.15, 0.2) is 24.3 Å². The molecule has 0 saturated carbocycles. The molecule has 1 aromatic carbocycles. The van der Waals surface area contributed by atoms with Gasteiger partial charge >= 0.3 is 0 Å². The van der Waals surface area contributed by atoms with Crippen molar-refractivity contribution < 1.29 is 9.90 Å². The van der Waals surface area contributed by atoms with Crippen molar-refractivity contribution in [2.45, 2.75) is 13.0 Å². The number of β-amino-alcohol motifs (C(OH)–C–C–N with tert-alkyl or cyclic N) is 1. The first-order valence-corrected chi connectivity index (χ1v) is 9.06. The van der Waals surface area contributed by atoms with Gasteiger partial charge in [0, 0.05) is 71.2 Å². The van der Waals surface area contributed by atoms with Crippen LogP contribution in [0.5, 0.6) is 0 Å². The molecule has 6 nitrogen and oxygen atoms in total. The molecule has 1 aliphatic heterocycles. The highest BCUT2D eigenvalue weighted by Gasteiger charge is 2.20. The summed E-state index contributed by atoms with van der Waals surface area (Å²) < 4.78 is 0. The van der Waals surface area contributed by atoms with E-state index in [1.165, 1.54) is 0 Å². The molecule has 0 radical (unpaired) electrons. The van der Waals surface area contributed by atoms with Crippen LogP contribution in [0.4, 0.5) is 5.69 Å². The fraction of sp³-hybridized carbons (Fsp3) is 0.632. The molecule has 0 bridgehead atoms. The van der Waals surface area contributed by atoms with Gasteiger partial charge in [-0.2, -0.15) is 0 Å². The van der Waals surface area contributed by atoms with Crippen LogP contribution in [0.3, 0.4) is 0 Å². The number of piperazine rings is 1. The maximum absolute atomic E-state index is 12.5. The second-order valence-corrected chi connectivity index (χ2v) is 7.00. The molecule has 1 aromatic rings. The van der Waals surface area contributed by atoms with Crippen LogP contribution in [-0.4, -0.2) is 98.8 Å². The number of aliphatic hydroxyl groups is 1. The minimum atomic E-state index is -0.525. The Morgan fingerprint density at radius 1 is 1.16 bits per heavy atom. The summed E-state index contributed by atoms with van der Waals surface area (Å²) in [5.74, 6) is -0.0527. The van der Waals surface area contributed by atoms with Gasteiger partial charge in [-0.15, -0.1) is 0 Å². The molecule has 1 atom stereocenters. The van der Waals surface area contributed by atoms with Crippen molar-refractivity contribution in [1.82, 2.24) is 14.7 Å². The van der Waals surface area contributed by atoms with E-state index < -0.39 is 6.10 Å². The standard InChI is InChI=1S/C19H32N4O2/c1-5-21(3)17-8-6-16(7-9-17)19(25)22(4)14-18(24)15-23-12-10-20(2)11-13-23/h6-9,18,24H,5,10-15H2,1-4H3. The summed E-state index contributed by atoms with van der Waals surface area (Å²) in [6.07, 6.45) is -0.525. The highest BCUT2D eigenvalue weighted by molar-refractivity contribution is 5.94. The maximum atomic E-state index is 12.5. The number of hydrogen-bond donors (Lipinski definition) is 1. The van der Waals surface area contributed by atoms with Crippen molar-refractivity contribution >= 4 is 11.6 Å². The predicted molar refractivity (Wildman–Crippen MR) is 102 cm³/mol. The molecule has 25 heavy (non-hydrogen) atoms. The van der Waals surface area contributed by atoms with Gasteiger partial charge in [0.15, 0.2) is 0 Å². The van der Waals surface area contributed by atoms with Gasteiger partial charge in [-0.05, 0) is 38.2 Å². The Morgan fingerprint density at radius 2 is 1.76 bits per heavy atom. The highest BCUT2D eigenvalue weighted by atomic mass is 16.3. The number of hydrogen-bond acceptors (Lipinski definition) is 5. The zero-order chi connectivity index (χ0) is 18.4. The first kappa shape index (κ1) is 19.7. The van der Waals surface area contributed by atoms with Crippen molar-refractivity contribution in [2.75, 3.05) is 71.9 Å². The van der Waals surface area contributed by atoms with E-state index in [2.05, 4.69) is 28.7 Å². The van der Waals surface area contributed by atoms with Gasteiger partial charge in [0.1, 0.15) is 0 Å². The molecular weight excluding hydrogens is 316 g/mol. The van der Waals surface area contributed by atoms with Crippen molar-refractivity contribution in [3.05, 3.63) is 29.8 Å². The van der Waals surface area contributed by atoms with Gasteiger partial charge in [0.2, 0.25) is 0 Å². The van der Waals surface area contributed by atoms with Crippen molar-refractivity contribution in [2.24, 2.45) is 0 Å². The molecule has 1 unspecified atom stereocenters. The lowest BCUT2D eigenvalue weighted by molar-refractivity contribution is 0.0501. The van der Waals surface area contributed by atoms with Gasteiger partial charge in [-0.3, -0.25) is 9.69 Å². The number of carbonyl (C=O) groups is 1. The number of amides is 1. The third kappa shape index (κ3) is 5.70. The minimum Gasteiger partial charge on any atom is -0.390 e. The van der Waals surface area contributed by atoms with E-state index in [1.807, 2.05) is 31.3 Å². The lowest BCUT2D eigenvalue weighted by Gasteiger charge is -2.34. The number of nitrogens with zero attached hydrogens (tertiary/aromatic N) is 4. The van der Waals surface area contributed by atoms with E-state index in [1.54, 1.807) is 11.9 Å². The molecule has 0 spiro atoms. The Labute approximate surface area is 151 Å². The lowest BCUT2D eigenvalue weighted by atomic mass is 10.1. The van der Waals surface area contributed by atoms with Gasteiger partial charge in [-0.25, -0.2) is 0 Å². The summed E-state index contributed by atoms with van der Waals surface area (Å²) in [5, 5.41) is 10.3. The van der Waals surface area contributed by atoms with Gasteiger partial charge < -0.3 is 19.8 Å². The Morgan fingerprint density at radius 3 is 2.32 bits per heavy atom. The monoisotopic (exact) mass is 348 g/mol. The second-order valence-electron chi connectivity index (χ2n) is 7.00. The first-order chi connectivity index (χ1) is 11.9. The quantitative estimate of drug-likeness (QED) is 0.791.